The Morgan fingerprint density at radius 1 is 1.28 bits per heavy atom. The molecule has 1 saturated carbocycles. The summed E-state index contributed by atoms with van der Waals surface area (Å²) in [6, 6.07) is 3.53. The molecule has 1 aliphatic carbocycles. The number of carbonyl (C=O) groups excluding carboxylic acids is 2. The Labute approximate surface area is 168 Å². The van der Waals surface area contributed by atoms with Crippen LogP contribution in [0.5, 0.6) is 0 Å². The third kappa shape index (κ3) is 3.39. The van der Waals surface area contributed by atoms with E-state index < -0.39 is 5.97 Å². The molecule has 8 nitrogen and oxygen atoms in total. The Morgan fingerprint density at radius 2 is 2.00 bits per heavy atom. The largest absolute Gasteiger partial charge is 0.465 e. The number of hydrogen-bond acceptors (Lipinski definition) is 6. The second-order valence-electron chi connectivity index (χ2n) is 7.61. The molecule has 0 spiro atoms. The zero-order valence-electron chi connectivity index (χ0n) is 17.3. The Bertz CT molecular complexity index is 1120. The number of amides is 1. The van der Waals surface area contributed by atoms with Gasteiger partial charge in [-0.1, -0.05) is 0 Å². The normalized spacial score (nSPS) is 13.7. The lowest BCUT2D eigenvalue weighted by molar-refractivity contribution is 0.0598. The number of ether oxygens (including phenoxy) is 1. The highest BCUT2D eigenvalue weighted by molar-refractivity contribution is 6.06. The summed E-state index contributed by atoms with van der Waals surface area (Å²) in [6.07, 6.45) is 2.20. The third-order valence-electron chi connectivity index (χ3n) is 5.33. The Balaban J connectivity index is 1.67. The van der Waals surface area contributed by atoms with E-state index in [0.29, 0.717) is 28.6 Å². The first-order chi connectivity index (χ1) is 13.8. The zero-order chi connectivity index (χ0) is 20.9. The highest BCUT2D eigenvalue weighted by Crippen LogP contribution is 2.40. The summed E-state index contributed by atoms with van der Waals surface area (Å²) >= 11 is 0. The number of rotatable bonds is 5. The van der Waals surface area contributed by atoms with Crippen molar-refractivity contribution in [3.8, 4) is 0 Å². The number of aromatic nitrogens is 3. The lowest BCUT2D eigenvalue weighted by atomic mass is 10.1. The average Bonchev–Trinajstić information content (AvgIpc) is 3.42. The molecule has 3 aromatic rings. The van der Waals surface area contributed by atoms with Crippen LogP contribution in [0.25, 0.3) is 11.0 Å². The van der Waals surface area contributed by atoms with Gasteiger partial charge in [0, 0.05) is 25.7 Å². The van der Waals surface area contributed by atoms with Crippen LogP contribution in [0.2, 0.25) is 0 Å². The number of carbonyl (C=O) groups is 2. The molecule has 4 rings (SSSR count). The van der Waals surface area contributed by atoms with Gasteiger partial charge in [0.05, 0.1) is 30.3 Å². The van der Waals surface area contributed by atoms with Gasteiger partial charge in [-0.3, -0.25) is 9.48 Å². The first kappa shape index (κ1) is 19.2. The minimum Gasteiger partial charge on any atom is -0.465 e. The van der Waals surface area contributed by atoms with Gasteiger partial charge in [0.25, 0.3) is 5.91 Å². The van der Waals surface area contributed by atoms with Crippen molar-refractivity contribution in [1.29, 1.82) is 0 Å². The van der Waals surface area contributed by atoms with Gasteiger partial charge < -0.3 is 14.1 Å². The van der Waals surface area contributed by atoms with Crippen molar-refractivity contribution < 1.29 is 18.7 Å². The lowest BCUT2D eigenvalue weighted by Gasteiger charge is -2.17. The van der Waals surface area contributed by atoms with Crippen LogP contribution in [0.4, 0.5) is 0 Å². The zero-order valence-corrected chi connectivity index (χ0v) is 17.3. The van der Waals surface area contributed by atoms with Crippen molar-refractivity contribution in [3.63, 3.8) is 0 Å². The summed E-state index contributed by atoms with van der Waals surface area (Å²) < 4.78 is 12.1. The van der Waals surface area contributed by atoms with Crippen molar-refractivity contribution in [1.82, 2.24) is 19.7 Å². The van der Waals surface area contributed by atoms with E-state index in [9.17, 15) is 9.59 Å². The van der Waals surface area contributed by atoms with E-state index in [0.717, 1.165) is 35.3 Å². The fraction of sp³-hybridized carbons (Fsp3) is 0.429. The van der Waals surface area contributed by atoms with E-state index in [4.69, 9.17) is 14.1 Å². The number of methoxy groups -OCH3 is 1. The van der Waals surface area contributed by atoms with Crippen molar-refractivity contribution in [3.05, 3.63) is 46.2 Å². The second kappa shape index (κ2) is 7.02. The number of nitrogens with zero attached hydrogens (tertiary/aromatic N) is 4. The van der Waals surface area contributed by atoms with E-state index >= 15 is 0 Å². The lowest BCUT2D eigenvalue weighted by Crippen LogP contribution is -2.26. The van der Waals surface area contributed by atoms with Crippen LogP contribution in [0.1, 0.15) is 62.4 Å². The van der Waals surface area contributed by atoms with E-state index in [1.54, 1.807) is 29.6 Å². The van der Waals surface area contributed by atoms with E-state index in [1.807, 2.05) is 20.0 Å². The average molecular weight is 396 g/mol. The molecule has 0 aromatic carbocycles. The summed E-state index contributed by atoms with van der Waals surface area (Å²) in [6.45, 7) is 3.82. The van der Waals surface area contributed by atoms with Crippen molar-refractivity contribution >= 4 is 22.9 Å². The summed E-state index contributed by atoms with van der Waals surface area (Å²) in [5.74, 6) is 0.820. The minimum atomic E-state index is -0.456. The van der Waals surface area contributed by atoms with Crippen LogP contribution in [-0.2, 0) is 18.3 Å². The first-order valence-corrected chi connectivity index (χ1v) is 9.57. The van der Waals surface area contributed by atoms with Crippen molar-refractivity contribution in [2.24, 2.45) is 7.05 Å². The van der Waals surface area contributed by atoms with Crippen LogP contribution in [-0.4, -0.2) is 45.7 Å². The van der Waals surface area contributed by atoms with E-state index in [1.165, 1.54) is 7.11 Å². The SMILES string of the molecule is COC(=O)c1cc(CN(C)C(=O)c2cc(C3CC3)nc3c2c(C)nn3C)oc1C. The smallest absolute Gasteiger partial charge is 0.341 e. The quantitative estimate of drug-likeness (QED) is 0.616. The fourth-order valence-electron chi connectivity index (χ4n) is 3.67. The predicted molar refractivity (Wildman–Crippen MR) is 106 cm³/mol. The van der Waals surface area contributed by atoms with Gasteiger partial charge in [-0.05, 0) is 38.8 Å². The van der Waals surface area contributed by atoms with Crippen molar-refractivity contribution in [2.75, 3.05) is 14.2 Å². The highest BCUT2D eigenvalue weighted by Gasteiger charge is 2.29. The summed E-state index contributed by atoms with van der Waals surface area (Å²) in [5.41, 5.74) is 3.41. The Morgan fingerprint density at radius 3 is 2.66 bits per heavy atom. The summed E-state index contributed by atoms with van der Waals surface area (Å²) in [5, 5.41) is 5.23. The van der Waals surface area contributed by atoms with Crippen LogP contribution in [0.15, 0.2) is 16.5 Å². The number of esters is 1. The molecular weight excluding hydrogens is 372 g/mol. The highest BCUT2D eigenvalue weighted by atomic mass is 16.5. The molecule has 0 N–H and O–H groups in total. The molecule has 0 atom stereocenters. The summed E-state index contributed by atoms with van der Waals surface area (Å²) in [7, 11) is 4.89. The predicted octanol–water partition coefficient (Wildman–Crippen LogP) is 3.11. The van der Waals surface area contributed by atoms with Gasteiger partial charge in [0.1, 0.15) is 17.1 Å². The topological polar surface area (TPSA) is 90.5 Å². The molecule has 8 heteroatoms. The third-order valence-corrected chi connectivity index (χ3v) is 5.33. The standard InChI is InChI=1S/C21H24N4O4/c1-11-18-16(9-17(13-6-7-13)22-19(18)25(4)23-11)20(26)24(3)10-14-8-15(12(2)29-14)21(27)28-5/h8-9,13H,6-7,10H2,1-5H3. The maximum Gasteiger partial charge on any atom is 0.341 e. The molecule has 0 saturated heterocycles. The monoisotopic (exact) mass is 396 g/mol. The Kier molecular flexibility index (Phi) is 4.64. The van der Waals surface area contributed by atoms with Crippen molar-refractivity contribution in [2.45, 2.75) is 39.2 Å². The molecule has 1 aliphatic rings. The van der Waals surface area contributed by atoms with Crippen LogP contribution < -0.4 is 0 Å². The number of fused-ring (bicyclic) bond motifs is 1. The number of hydrogen-bond donors (Lipinski definition) is 0. The molecule has 3 heterocycles. The number of pyridine rings is 1. The van der Waals surface area contributed by atoms with Crippen LogP contribution in [0, 0.1) is 13.8 Å². The molecule has 0 radical (unpaired) electrons. The molecule has 1 amide bonds. The molecule has 3 aromatic heterocycles. The van der Waals surface area contributed by atoms with E-state index in [-0.39, 0.29) is 12.5 Å². The molecule has 29 heavy (non-hydrogen) atoms. The van der Waals surface area contributed by atoms with Crippen LogP contribution in [0.3, 0.4) is 0 Å². The van der Waals surface area contributed by atoms with Gasteiger partial charge in [0.15, 0.2) is 5.65 Å². The molecule has 0 bridgehead atoms. The molecular formula is C21H24N4O4. The molecule has 1 fully saturated rings. The maximum atomic E-state index is 13.3. The van der Waals surface area contributed by atoms with Gasteiger partial charge in [-0.15, -0.1) is 0 Å². The van der Waals surface area contributed by atoms with Crippen LogP contribution >= 0.6 is 0 Å². The maximum absolute atomic E-state index is 13.3. The van der Waals surface area contributed by atoms with Gasteiger partial charge in [-0.25, -0.2) is 9.78 Å². The van der Waals surface area contributed by atoms with Gasteiger partial charge in [-0.2, -0.15) is 5.10 Å². The number of furan rings is 1. The van der Waals surface area contributed by atoms with Gasteiger partial charge in [0.2, 0.25) is 0 Å². The number of aryl methyl sites for hydroxylation is 3. The molecule has 152 valence electrons. The van der Waals surface area contributed by atoms with Gasteiger partial charge >= 0.3 is 5.97 Å². The first-order valence-electron chi connectivity index (χ1n) is 9.57. The van der Waals surface area contributed by atoms with E-state index in [2.05, 4.69) is 5.10 Å². The fourth-order valence-corrected chi connectivity index (χ4v) is 3.67. The minimum absolute atomic E-state index is 0.135. The Hall–Kier alpha value is -3.16. The molecule has 0 aliphatic heterocycles. The summed E-state index contributed by atoms with van der Waals surface area (Å²) in [4.78, 5) is 31.5. The molecule has 0 unspecified atom stereocenters. The second-order valence-corrected chi connectivity index (χ2v) is 7.61.